The van der Waals surface area contributed by atoms with E-state index in [2.05, 4.69) is 0 Å². The van der Waals surface area contributed by atoms with Crippen LogP contribution in [0.5, 0.6) is 11.5 Å². The summed E-state index contributed by atoms with van der Waals surface area (Å²) in [7, 11) is 0. The zero-order chi connectivity index (χ0) is 14.7. The molecule has 0 spiro atoms. The maximum Gasteiger partial charge on any atom is 0.313 e. The van der Waals surface area contributed by atoms with Gasteiger partial charge in [0.25, 0.3) is 0 Å². The second-order valence-electron chi connectivity index (χ2n) is 3.78. The van der Waals surface area contributed by atoms with Crippen LogP contribution in [0.25, 0.3) is 0 Å². The summed E-state index contributed by atoms with van der Waals surface area (Å²) < 4.78 is 5.41. The number of halogens is 2. The molecule has 7 heteroatoms. The topological polar surface area (TPSA) is 69.4 Å². The summed E-state index contributed by atoms with van der Waals surface area (Å²) in [5.41, 5.74) is 0.0844. The van der Waals surface area contributed by atoms with Gasteiger partial charge in [-0.05, 0) is 12.1 Å². The Kier molecular flexibility index (Phi) is 4.22. The van der Waals surface area contributed by atoms with Crippen molar-refractivity contribution in [2.24, 2.45) is 0 Å². The van der Waals surface area contributed by atoms with Crippen molar-refractivity contribution in [2.75, 3.05) is 0 Å². The first-order chi connectivity index (χ1) is 9.51. The van der Waals surface area contributed by atoms with Gasteiger partial charge in [0.1, 0.15) is 12.0 Å². The van der Waals surface area contributed by atoms with Gasteiger partial charge in [0.15, 0.2) is 0 Å². The van der Waals surface area contributed by atoms with E-state index in [-0.39, 0.29) is 27.2 Å². The van der Waals surface area contributed by atoms with Crippen LogP contribution in [0.4, 0.5) is 5.69 Å². The molecule has 0 bridgehead atoms. The van der Waals surface area contributed by atoms with Crippen LogP contribution in [0.1, 0.15) is 10.4 Å². The number of aldehydes is 1. The Morgan fingerprint density at radius 3 is 2.50 bits per heavy atom. The number of hydrogen-bond acceptors (Lipinski definition) is 4. The zero-order valence-electron chi connectivity index (χ0n) is 9.88. The molecule has 20 heavy (non-hydrogen) atoms. The lowest BCUT2D eigenvalue weighted by molar-refractivity contribution is -0.385. The first-order valence-electron chi connectivity index (χ1n) is 5.38. The number of rotatable bonds is 4. The van der Waals surface area contributed by atoms with Crippen LogP contribution >= 0.6 is 23.2 Å². The SMILES string of the molecule is O=Cc1cccc(Oc2cc(Cl)c(Cl)cc2[N+](=O)[O-])c1. The van der Waals surface area contributed by atoms with Crippen molar-refractivity contribution < 1.29 is 14.5 Å². The highest BCUT2D eigenvalue weighted by Gasteiger charge is 2.19. The molecule has 0 unspecified atom stereocenters. The van der Waals surface area contributed by atoms with Gasteiger partial charge in [0.05, 0.1) is 15.0 Å². The summed E-state index contributed by atoms with van der Waals surface area (Å²) in [5, 5.41) is 11.2. The van der Waals surface area contributed by atoms with Crippen molar-refractivity contribution >= 4 is 35.2 Å². The molecule has 0 aliphatic heterocycles. The smallest absolute Gasteiger partial charge is 0.313 e. The van der Waals surface area contributed by atoms with Crippen LogP contribution in [-0.2, 0) is 0 Å². The van der Waals surface area contributed by atoms with E-state index < -0.39 is 4.92 Å². The average Bonchev–Trinajstić information content (AvgIpc) is 2.42. The summed E-state index contributed by atoms with van der Waals surface area (Å²) in [4.78, 5) is 21.0. The predicted molar refractivity (Wildman–Crippen MR) is 75.0 cm³/mol. The van der Waals surface area contributed by atoms with E-state index in [1.54, 1.807) is 18.2 Å². The number of benzene rings is 2. The molecule has 0 saturated heterocycles. The molecule has 0 aliphatic carbocycles. The molecule has 0 amide bonds. The fourth-order valence-corrected chi connectivity index (χ4v) is 1.83. The summed E-state index contributed by atoms with van der Waals surface area (Å²) >= 11 is 11.6. The van der Waals surface area contributed by atoms with Crippen molar-refractivity contribution in [3.63, 3.8) is 0 Å². The van der Waals surface area contributed by atoms with Crippen molar-refractivity contribution in [2.45, 2.75) is 0 Å². The Morgan fingerprint density at radius 1 is 1.15 bits per heavy atom. The van der Waals surface area contributed by atoms with E-state index in [9.17, 15) is 14.9 Å². The molecule has 5 nitrogen and oxygen atoms in total. The van der Waals surface area contributed by atoms with E-state index in [1.807, 2.05) is 0 Å². The molecule has 2 aromatic rings. The highest BCUT2D eigenvalue weighted by Crippen LogP contribution is 2.38. The van der Waals surface area contributed by atoms with Crippen LogP contribution < -0.4 is 4.74 Å². The number of nitro benzene ring substituents is 1. The summed E-state index contributed by atoms with van der Waals surface area (Å²) in [6, 6.07) is 8.59. The van der Waals surface area contributed by atoms with E-state index in [0.29, 0.717) is 11.8 Å². The third kappa shape index (κ3) is 3.07. The molecule has 0 aromatic heterocycles. The van der Waals surface area contributed by atoms with Crippen molar-refractivity contribution in [3.05, 3.63) is 62.1 Å². The number of hydrogen-bond donors (Lipinski definition) is 0. The van der Waals surface area contributed by atoms with Crippen LogP contribution in [0, 0.1) is 10.1 Å². The molecule has 0 atom stereocenters. The Balaban J connectivity index is 2.44. The highest BCUT2D eigenvalue weighted by atomic mass is 35.5. The van der Waals surface area contributed by atoms with Crippen molar-refractivity contribution in [1.82, 2.24) is 0 Å². The number of carbonyl (C=O) groups excluding carboxylic acids is 1. The molecular weight excluding hydrogens is 305 g/mol. The first-order valence-corrected chi connectivity index (χ1v) is 6.13. The number of nitro groups is 1. The average molecular weight is 312 g/mol. The molecule has 0 fully saturated rings. The molecule has 0 N–H and O–H groups in total. The van der Waals surface area contributed by atoms with E-state index in [0.717, 1.165) is 6.07 Å². The lowest BCUT2D eigenvalue weighted by Gasteiger charge is -2.08. The Labute approximate surface area is 123 Å². The molecule has 2 aromatic carbocycles. The minimum atomic E-state index is -0.624. The summed E-state index contributed by atoms with van der Waals surface area (Å²) in [6.45, 7) is 0. The molecule has 0 saturated carbocycles. The van der Waals surface area contributed by atoms with Crippen LogP contribution in [0.2, 0.25) is 10.0 Å². The van der Waals surface area contributed by atoms with E-state index in [4.69, 9.17) is 27.9 Å². The second kappa shape index (κ2) is 5.90. The maximum atomic E-state index is 11.0. The fourth-order valence-electron chi connectivity index (χ4n) is 1.52. The van der Waals surface area contributed by atoms with Gasteiger partial charge < -0.3 is 4.74 Å². The molecule has 102 valence electrons. The van der Waals surface area contributed by atoms with Gasteiger partial charge in [0, 0.05) is 17.7 Å². The largest absolute Gasteiger partial charge is 0.450 e. The van der Waals surface area contributed by atoms with Gasteiger partial charge in [-0.15, -0.1) is 0 Å². The van der Waals surface area contributed by atoms with E-state index in [1.165, 1.54) is 12.1 Å². The van der Waals surface area contributed by atoms with Gasteiger partial charge in [-0.25, -0.2) is 0 Å². The lowest BCUT2D eigenvalue weighted by Crippen LogP contribution is -1.94. The summed E-state index contributed by atoms with van der Waals surface area (Å²) in [6.07, 6.45) is 0.649. The van der Waals surface area contributed by atoms with Gasteiger partial charge in [0.2, 0.25) is 5.75 Å². The minimum Gasteiger partial charge on any atom is -0.450 e. The zero-order valence-corrected chi connectivity index (χ0v) is 11.4. The van der Waals surface area contributed by atoms with Crippen molar-refractivity contribution in [1.29, 1.82) is 0 Å². The van der Waals surface area contributed by atoms with Crippen molar-refractivity contribution in [3.8, 4) is 11.5 Å². The monoisotopic (exact) mass is 311 g/mol. The molecule has 0 heterocycles. The Bertz CT molecular complexity index is 688. The predicted octanol–water partition coefficient (Wildman–Crippen LogP) is 4.51. The molecular formula is C13H7Cl2NO4. The van der Waals surface area contributed by atoms with Crippen LogP contribution in [-0.4, -0.2) is 11.2 Å². The maximum absolute atomic E-state index is 11.0. The van der Waals surface area contributed by atoms with Crippen LogP contribution in [0.15, 0.2) is 36.4 Å². The highest BCUT2D eigenvalue weighted by molar-refractivity contribution is 6.42. The minimum absolute atomic E-state index is 0.0487. The first kappa shape index (κ1) is 14.3. The molecule has 0 radical (unpaired) electrons. The normalized spacial score (nSPS) is 10.1. The Hall–Kier alpha value is -2.11. The number of carbonyl (C=O) groups is 1. The van der Waals surface area contributed by atoms with Gasteiger partial charge in [-0.2, -0.15) is 0 Å². The fraction of sp³-hybridized carbons (Fsp3) is 0. The van der Waals surface area contributed by atoms with Gasteiger partial charge in [-0.3, -0.25) is 14.9 Å². The number of nitrogens with zero attached hydrogens (tertiary/aromatic N) is 1. The molecule has 2 rings (SSSR count). The lowest BCUT2D eigenvalue weighted by atomic mass is 10.2. The Morgan fingerprint density at radius 2 is 1.85 bits per heavy atom. The third-order valence-electron chi connectivity index (χ3n) is 2.42. The van der Waals surface area contributed by atoms with Gasteiger partial charge >= 0.3 is 5.69 Å². The standard InChI is InChI=1S/C13H7Cl2NO4/c14-10-5-12(16(18)19)13(6-11(10)15)20-9-3-1-2-8(4-9)7-17/h1-7H. The third-order valence-corrected chi connectivity index (χ3v) is 3.14. The van der Waals surface area contributed by atoms with Gasteiger partial charge in [-0.1, -0.05) is 35.3 Å². The quantitative estimate of drug-likeness (QED) is 0.473. The number of ether oxygens (including phenoxy) is 1. The summed E-state index contributed by atoms with van der Waals surface area (Å²) in [5.74, 6) is 0.239. The van der Waals surface area contributed by atoms with Crippen LogP contribution in [0.3, 0.4) is 0 Å². The molecule has 0 aliphatic rings. The second-order valence-corrected chi connectivity index (χ2v) is 4.60. The van der Waals surface area contributed by atoms with E-state index >= 15 is 0 Å².